The summed E-state index contributed by atoms with van der Waals surface area (Å²) in [5, 5.41) is 0.450. The van der Waals surface area contributed by atoms with Crippen molar-refractivity contribution >= 4 is 27.3 Å². The van der Waals surface area contributed by atoms with E-state index in [9.17, 15) is 8.42 Å². The van der Waals surface area contributed by atoms with Gasteiger partial charge in [0, 0.05) is 18.0 Å². The van der Waals surface area contributed by atoms with E-state index in [0.29, 0.717) is 22.3 Å². The molecule has 0 saturated carbocycles. The first-order valence-electron chi connectivity index (χ1n) is 6.64. The number of imidazole rings is 1. The van der Waals surface area contributed by atoms with Crippen molar-refractivity contribution in [2.24, 2.45) is 0 Å². The van der Waals surface area contributed by atoms with E-state index in [1.54, 1.807) is 12.1 Å². The molecule has 0 saturated heterocycles. The summed E-state index contributed by atoms with van der Waals surface area (Å²) in [5.41, 5.74) is 0.357. The third-order valence-corrected chi connectivity index (χ3v) is 5.15. The number of nitrogens with one attached hydrogen (secondary N) is 1. The first-order chi connectivity index (χ1) is 10.3. The van der Waals surface area contributed by atoms with Gasteiger partial charge in [0.15, 0.2) is 5.03 Å². The van der Waals surface area contributed by atoms with Gasteiger partial charge in [-0.2, -0.15) is 8.42 Å². The van der Waals surface area contributed by atoms with Gasteiger partial charge in [-0.05, 0) is 18.2 Å². The van der Waals surface area contributed by atoms with Crippen molar-refractivity contribution in [1.82, 2.24) is 9.97 Å². The summed E-state index contributed by atoms with van der Waals surface area (Å²) >= 11 is 5.96. The Kier molecular flexibility index (Phi) is 4.67. The summed E-state index contributed by atoms with van der Waals surface area (Å²) in [6, 6.07) is 4.80. The molecule has 0 aliphatic carbocycles. The van der Waals surface area contributed by atoms with E-state index < -0.39 is 10.0 Å². The first kappa shape index (κ1) is 16.6. The zero-order valence-electron chi connectivity index (χ0n) is 12.8. The molecule has 0 aliphatic heterocycles. The van der Waals surface area contributed by atoms with Crippen LogP contribution in [0.2, 0.25) is 5.02 Å². The number of halogens is 1. The number of hydrogen-bond donors (Lipinski definition) is 1. The second-order valence-corrected chi connectivity index (χ2v) is 7.45. The average Bonchev–Trinajstić information content (AvgIpc) is 2.97. The Morgan fingerprint density at radius 1 is 1.36 bits per heavy atom. The molecule has 1 aromatic heterocycles. The average molecular weight is 344 g/mol. The number of nitrogens with zero attached hydrogens (tertiary/aromatic N) is 2. The summed E-state index contributed by atoms with van der Waals surface area (Å²) in [5.74, 6) is 1.14. The highest BCUT2D eigenvalue weighted by molar-refractivity contribution is 7.92. The molecule has 8 heteroatoms. The van der Waals surface area contributed by atoms with E-state index >= 15 is 0 Å². The van der Waals surface area contributed by atoms with Gasteiger partial charge >= 0.3 is 0 Å². The number of ether oxygens (including phenoxy) is 1. The third-order valence-electron chi connectivity index (χ3n) is 3.24. The van der Waals surface area contributed by atoms with Gasteiger partial charge in [0.05, 0.1) is 19.0 Å². The topological polar surface area (TPSA) is 75.3 Å². The highest BCUT2D eigenvalue weighted by Crippen LogP contribution is 2.33. The lowest BCUT2D eigenvalue weighted by Gasteiger charge is -2.21. The van der Waals surface area contributed by atoms with Gasteiger partial charge < -0.3 is 9.72 Å². The number of aromatic nitrogens is 2. The molecular formula is C14H18ClN3O3S. The number of aromatic amines is 1. The molecule has 2 aromatic rings. The van der Waals surface area contributed by atoms with Crippen LogP contribution >= 0.6 is 11.6 Å². The van der Waals surface area contributed by atoms with Gasteiger partial charge in [-0.1, -0.05) is 25.4 Å². The highest BCUT2D eigenvalue weighted by atomic mass is 35.5. The smallest absolute Gasteiger partial charge is 0.281 e. The van der Waals surface area contributed by atoms with E-state index in [1.165, 1.54) is 26.4 Å². The molecular weight excluding hydrogens is 326 g/mol. The Hall–Kier alpha value is -1.73. The Morgan fingerprint density at radius 2 is 2.05 bits per heavy atom. The molecule has 0 aliphatic rings. The van der Waals surface area contributed by atoms with Gasteiger partial charge in [0.25, 0.3) is 10.0 Å². The van der Waals surface area contributed by atoms with E-state index in [1.807, 2.05) is 13.8 Å². The number of methoxy groups -OCH3 is 1. The van der Waals surface area contributed by atoms with Gasteiger partial charge in [-0.25, -0.2) is 4.98 Å². The molecule has 0 unspecified atom stereocenters. The van der Waals surface area contributed by atoms with Crippen LogP contribution in [0.25, 0.3) is 0 Å². The zero-order valence-corrected chi connectivity index (χ0v) is 14.4. The van der Waals surface area contributed by atoms with Crippen molar-refractivity contribution in [3.8, 4) is 5.75 Å². The normalized spacial score (nSPS) is 11.7. The van der Waals surface area contributed by atoms with Crippen molar-refractivity contribution in [2.45, 2.75) is 24.8 Å². The summed E-state index contributed by atoms with van der Waals surface area (Å²) in [7, 11) is -0.861. The number of anilines is 1. The minimum atomic E-state index is -3.78. The van der Waals surface area contributed by atoms with E-state index in [2.05, 4.69) is 9.97 Å². The lowest BCUT2D eigenvalue weighted by molar-refractivity contribution is 0.416. The number of hydrogen-bond acceptors (Lipinski definition) is 4. The van der Waals surface area contributed by atoms with Crippen LogP contribution in [0.15, 0.2) is 29.4 Å². The molecule has 0 fully saturated rings. The zero-order chi connectivity index (χ0) is 16.5. The Morgan fingerprint density at radius 3 is 2.59 bits per heavy atom. The summed E-state index contributed by atoms with van der Waals surface area (Å²) in [4.78, 5) is 6.94. The van der Waals surface area contributed by atoms with Crippen LogP contribution in [-0.2, 0) is 10.0 Å². The molecule has 22 heavy (non-hydrogen) atoms. The van der Waals surface area contributed by atoms with Crippen LogP contribution in [-0.4, -0.2) is 32.5 Å². The van der Waals surface area contributed by atoms with Crippen molar-refractivity contribution in [3.05, 3.63) is 35.2 Å². The predicted molar refractivity (Wildman–Crippen MR) is 86.3 cm³/mol. The highest BCUT2D eigenvalue weighted by Gasteiger charge is 2.26. The Labute approximate surface area is 135 Å². The van der Waals surface area contributed by atoms with Gasteiger partial charge in [0.1, 0.15) is 11.6 Å². The molecule has 0 bridgehead atoms. The fraction of sp³-hybridized carbons (Fsp3) is 0.357. The monoisotopic (exact) mass is 343 g/mol. The van der Waals surface area contributed by atoms with Crippen molar-refractivity contribution in [1.29, 1.82) is 0 Å². The van der Waals surface area contributed by atoms with Crippen LogP contribution < -0.4 is 9.04 Å². The van der Waals surface area contributed by atoms with Crippen molar-refractivity contribution in [3.63, 3.8) is 0 Å². The standard InChI is InChI=1S/C14H18ClN3O3S/c1-9(2)14-16-8-13(17-14)22(19,20)18(3)11-7-10(15)5-6-12(11)21-4/h5-9H,1-4H3,(H,16,17). The second kappa shape index (κ2) is 6.18. The Bertz CT molecular complexity index is 771. The van der Waals surface area contributed by atoms with Crippen LogP contribution in [0.1, 0.15) is 25.6 Å². The van der Waals surface area contributed by atoms with Crippen LogP contribution in [0, 0.1) is 0 Å². The fourth-order valence-corrected chi connectivity index (χ4v) is 3.21. The molecule has 1 heterocycles. The van der Waals surface area contributed by atoms with Crippen molar-refractivity contribution in [2.75, 3.05) is 18.5 Å². The summed E-state index contributed by atoms with van der Waals surface area (Å²) in [6.07, 6.45) is 1.32. The van der Waals surface area contributed by atoms with Gasteiger partial charge in [-0.3, -0.25) is 4.31 Å². The maximum Gasteiger partial charge on any atom is 0.281 e. The van der Waals surface area contributed by atoms with Gasteiger partial charge in [-0.15, -0.1) is 0 Å². The number of benzene rings is 1. The molecule has 1 aromatic carbocycles. The Balaban J connectivity index is 2.46. The van der Waals surface area contributed by atoms with E-state index in [4.69, 9.17) is 16.3 Å². The molecule has 0 radical (unpaired) electrons. The number of H-pyrrole nitrogens is 1. The van der Waals surface area contributed by atoms with Crippen LogP contribution in [0.5, 0.6) is 5.75 Å². The molecule has 6 nitrogen and oxygen atoms in total. The summed E-state index contributed by atoms with van der Waals surface area (Å²) < 4.78 is 31.7. The van der Waals surface area contributed by atoms with E-state index in [0.717, 1.165) is 4.31 Å². The maximum atomic E-state index is 12.7. The SMILES string of the molecule is COc1ccc(Cl)cc1N(C)S(=O)(=O)c1cnc(C(C)C)[nH]1. The van der Waals surface area contributed by atoms with E-state index in [-0.39, 0.29) is 10.9 Å². The number of sulfonamides is 1. The van der Waals surface area contributed by atoms with Gasteiger partial charge in [0.2, 0.25) is 0 Å². The molecule has 0 spiro atoms. The minimum absolute atomic E-state index is 0.0285. The second-order valence-electron chi connectivity index (χ2n) is 5.08. The molecule has 0 atom stereocenters. The maximum absolute atomic E-state index is 12.7. The summed E-state index contributed by atoms with van der Waals surface area (Å²) in [6.45, 7) is 3.86. The first-order valence-corrected chi connectivity index (χ1v) is 8.46. The van der Waals surface area contributed by atoms with Crippen LogP contribution in [0.4, 0.5) is 5.69 Å². The minimum Gasteiger partial charge on any atom is -0.495 e. The lowest BCUT2D eigenvalue weighted by Crippen LogP contribution is -2.27. The predicted octanol–water partition coefficient (Wildman–Crippen LogP) is 3.02. The van der Waals surface area contributed by atoms with Crippen LogP contribution in [0.3, 0.4) is 0 Å². The molecule has 120 valence electrons. The number of rotatable bonds is 5. The lowest BCUT2D eigenvalue weighted by atomic mass is 10.2. The molecule has 0 amide bonds. The fourth-order valence-electron chi connectivity index (χ4n) is 1.93. The third kappa shape index (κ3) is 3.05. The largest absolute Gasteiger partial charge is 0.495 e. The quantitative estimate of drug-likeness (QED) is 0.905. The molecule has 2 rings (SSSR count). The van der Waals surface area contributed by atoms with Crippen molar-refractivity contribution < 1.29 is 13.2 Å². The molecule has 1 N–H and O–H groups in total.